The number of benzene rings is 13. The van der Waals surface area contributed by atoms with Gasteiger partial charge in [0.05, 0.1) is 22.1 Å². The third-order valence-electron chi connectivity index (χ3n) is 16.5. The van der Waals surface area contributed by atoms with Gasteiger partial charge in [0.2, 0.25) is 0 Å². The van der Waals surface area contributed by atoms with Crippen LogP contribution in [0.4, 0.5) is 17.1 Å². The Balaban J connectivity index is 0.836. The molecule has 0 bridgehead atoms. The number of aromatic nitrogens is 1. The molecule has 370 valence electrons. The van der Waals surface area contributed by atoms with Crippen LogP contribution in [0.5, 0.6) is 0 Å². The first-order valence-corrected chi connectivity index (χ1v) is 27.3. The van der Waals surface area contributed by atoms with Gasteiger partial charge in [-0.2, -0.15) is 0 Å². The first-order chi connectivity index (χ1) is 39.2. The Hall–Kier alpha value is -10.3. The SMILES string of the molecule is c1ccc(C2(c3ccccc3)c3ccccc3-c3c(-c4ccc(N(c5ccc(-c6cccc(-c7ccc8ccccc8c7)c6)cc5)c5ccc(-c6ccccc6-n6c7ccccc7c7ccccc76)cc5)cc4)cccc32)cc1. The van der Waals surface area contributed by atoms with Crippen LogP contribution in [0.2, 0.25) is 0 Å². The van der Waals surface area contributed by atoms with E-state index in [2.05, 4.69) is 325 Å². The molecule has 0 unspecified atom stereocenters. The van der Waals surface area contributed by atoms with Crippen molar-refractivity contribution in [3.05, 3.63) is 338 Å². The van der Waals surface area contributed by atoms with Crippen LogP contribution < -0.4 is 4.90 Å². The van der Waals surface area contributed by atoms with E-state index in [1.165, 1.54) is 105 Å². The van der Waals surface area contributed by atoms with Gasteiger partial charge in [-0.15, -0.1) is 0 Å². The first-order valence-electron chi connectivity index (χ1n) is 27.3. The zero-order valence-electron chi connectivity index (χ0n) is 43.4. The molecule has 1 aliphatic carbocycles. The van der Waals surface area contributed by atoms with Gasteiger partial charge >= 0.3 is 0 Å². The summed E-state index contributed by atoms with van der Waals surface area (Å²) in [6, 6.07) is 116. The van der Waals surface area contributed by atoms with Crippen molar-refractivity contribution in [3.8, 4) is 61.3 Å². The van der Waals surface area contributed by atoms with Gasteiger partial charge in [-0.3, -0.25) is 0 Å². The molecular weight excluding hydrogens is 953 g/mol. The van der Waals surface area contributed by atoms with Crippen LogP contribution in [-0.2, 0) is 5.41 Å². The Kier molecular flexibility index (Phi) is 11.1. The molecule has 0 N–H and O–H groups in total. The van der Waals surface area contributed by atoms with Crippen LogP contribution in [-0.4, -0.2) is 4.57 Å². The Morgan fingerprint density at radius 2 is 0.709 bits per heavy atom. The normalized spacial score (nSPS) is 12.4. The minimum atomic E-state index is -0.471. The minimum Gasteiger partial charge on any atom is -0.311 e. The van der Waals surface area contributed by atoms with E-state index in [0.29, 0.717) is 0 Å². The fourth-order valence-corrected chi connectivity index (χ4v) is 12.9. The molecule has 0 aliphatic heterocycles. The lowest BCUT2D eigenvalue weighted by atomic mass is 9.67. The van der Waals surface area contributed by atoms with Crippen molar-refractivity contribution < 1.29 is 0 Å². The van der Waals surface area contributed by atoms with E-state index < -0.39 is 5.41 Å². The predicted molar refractivity (Wildman–Crippen MR) is 332 cm³/mol. The van der Waals surface area contributed by atoms with Gasteiger partial charge in [0.15, 0.2) is 0 Å². The largest absolute Gasteiger partial charge is 0.311 e. The molecule has 1 aromatic heterocycles. The Labute approximate surface area is 461 Å². The van der Waals surface area contributed by atoms with Gasteiger partial charge in [0, 0.05) is 33.4 Å². The lowest BCUT2D eigenvalue weighted by Crippen LogP contribution is -2.28. The predicted octanol–water partition coefficient (Wildman–Crippen LogP) is 20.4. The lowest BCUT2D eigenvalue weighted by Gasteiger charge is -2.34. The number of hydrogen-bond acceptors (Lipinski definition) is 1. The Morgan fingerprint density at radius 1 is 0.266 bits per heavy atom. The topological polar surface area (TPSA) is 8.17 Å². The summed E-state index contributed by atoms with van der Waals surface area (Å²) in [5.41, 5.74) is 23.5. The fraction of sp³-hybridized carbons (Fsp3) is 0.0130. The number of nitrogens with zero attached hydrogens (tertiary/aromatic N) is 2. The lowest BCUT2D eigenvalue weighted by molar-refractivity contribution is 0.768. The highest BCUT2D eigenvalue weighted by Crippen LogP contribution is 2.58. The zero-order valence-corrected chi connectivity index (χ0v) is 43.4. The van der Waals surface area contributed by atoms with E-state index in [9.17, 15) is 0 Å². The number of anilines is 3. The summed E-state index contributed by atoms with van der Waals surface area (Å²) in [7, 11) is 0. The van der Waals surface area contributed by atoms with E-state index >= 15 is 0 Å². The summed E-state index contributed by atoms with van der Waals surface area (Å²) in [5, 5.41) is 5.00. The number of para-hydroxylation sites is 3. The maximum atomic E-state index is 2.42. The van der Waals surface area contributed by atoms with Crippen LogP contribution in [0.25, 0.3) is 93.9 Å². The summed E-state index contributed by atoms with van der Waals surface area (Å²) >= 11 is 0. The maximum Gasteiger partial charge on any atom is 0.0713 e. The zero-order chi connectivity index (χ0) is 52.3. The van der Waals surface area contributed by atoms with E-state index in [-0.39, 0.29) is 0 Å². The van der Waals surface area contributed by atoms with Crippen molar-refractivity contribution in [2.45, 2.75) is 5.41 Å². The molecule has 2 nitrogen and oxygen atoms in total. The average molecular weight is 1010 g/mol. The number of fused-ring (bicyclic) bond motifs is 7. The van der Waals surface area contributed by atoms with Crippen LogP contribution in [0.3, 0.4) is 0 Å². The second kappa shape index (κ2) is 19.1. The third kappa shape index (κ3) is 7.64. The minimum absolute atomic E-state index is 0.471. The van der Waals surface area contributed by atoms with Crippen molar-refractivity contribution in [2.75, 3.05) is 4.90 Å². The van der Waals surface area contributed by atoms with Crippen molar-refractivity contribution in [2.24, 2.45) is 0 Å². The smallest absolute Gasteiger partial charge is 0.0713 e. The average Bonchev–Trinajstić information content (AvgIpc) is 4.24. The Bertz CT molecular complexity index is 4480. The van der Waals surface area contributed by atoms with Gasteiger partial charge in [-0.25, -0.2) is 0 Å². The second-order valence-corrected chi connectivity index (χ2v) is 20.8. The summed E-state index contributed by atoms with van der Waals surface area (Å²) in [5.74, 6) is 0. The molecule has 1 aliphatic rings. The van der Waals surface area contributed by atoms with E-state index in [4.69, 9.17) is 0 Å². The molecule has 0 amide bonds. The molecule has 0 atom stereocenters. The molecule has 15 rings (SSSR count). The molecule has 2 heteroatoms. The third-order valence-corrected chi connectivity index (χ3v) is 16.5. The van der Waals surface area contributed by atoms with Crippen molar-refractivity contribution >= 4 is 49.6 Å². The van der Waals surface area contributed by atoms with Crippen molar-refractivity contribution in [1.29, 1.82) is 0 Å². The van der Waals surface area contributed by atoms with Crippen molar-refractivity contribution in [3.63, 3.8) is 0 Å². The van der Waals surface area contributed by atoms with Crippen LogP contribution >= 0.6 is 0 Å². The Morgan fingerprint density at radius 3 is 1.35 bits per heavy atom. The monoisotopic (exact) mass is 1000 g/mol. The molecule has 1 heterocycles. The highest BCUT2D eigenvalue weighted by atomic mass is 15.1. The number of hydrogen-bond donors (Lipinski definition) is 0. The van der Waals surface area contributed by atoms with Crippen LogP contribution in [0, 0.1) is 0 Å². The first kappa shape index (κ1) is 46.1. The molecular formula is C77H52N2. The molecule has 13 aromatic carbocycles. The van der Waals surface area contributed by atoms with Gasteiger partial charge in [0.25, 0.3) is 0 Å². The van der Waals surface area contributed by atoms with Crippen LogP contribution in [0.15, 0.2) is 315 Å². The standard InChI is InChI=1S/C77H52N2/c1-3-23-61(24-4-1)77(62-25-5-2-6-26-62)71-32-13-9-30-70(71)76-67(31-18-33-72(76)77)56-43-49-65(50-44-56)78(63-45-39-54(40-46-63)58-21-17-22-59(51-58)60-38-37-53-19-7-8-20-57(53)52-60)64-47-41-55(42-48-64)66-27-10-14-34-73(66)79-74-35-15-11-28-68(74)69-29-12-16-36-75(69)79/h1-52H. The summed E-state index contributed by atoms with van der Waals surface area (Å²) in [4.78, 5) is 2.39. The molecule has 0 radical (unpaired) electrons. The van der Waals surface area contributed by atoms with Crippen LogP contribution in [0.1, 0.15) is 22.3 Å². The summed E-state index contributed by atoms with van der Waals surface area (Å²) in [6.45, 7) is 0. The van der Waals surface area contributed by atoms with Crippen molar-refractivity contribution in [1.82, 2.24) is 4.57 Å². The van der Waals surface area contributed by atoms with Gasteiger partial charge in [0.1, 0.15) is 0 Å². The van der Waals surface area contributed by atoms with E-state index in [1.54, 1.807) is 0 Å². The molecule has 0 fully saturated rings. The highest BCUT2D eigenvalue weighted by Gasteiger charge is 2.46. The van der Waals surface area contributed by atoms with Gasteiger partial charge in [-0.05, 0) is 150 Å². The summed E-state index contributed by atoms with van der Waals surface area (Å²) < 4.78 is 2.42. The van der Waals surface area contributed by atoms with E-state index in [1.807, 2.05) is 0 Å². The molecule has 14 aromatic rings. The molecule has 0 saturated carbocycles. The number of rotatable bonds is 10. The van der Waals surface area contributed by atoms with Gasteiger partial charge < -0.3 is 9.47 Å². The second-order valence-electron chi connectivity index (χ2n) is 20.8. The van der Waals surface area contributed by atoms with Gasteiger partial charge in [-0.1, -0.05) is 249 Å². The fourth-order valence-electron chi connectivity index (χ4n) is 12.9. The maximum absolute atomic E-state index is 2.42. The highest BCUT2D eigenvalue weighted by molar-refractivity contribution is 6.10. The molecule has 79 heavy (non-hydrogen) atoms. The molecule has 0 spiro atoms. The quantitative estimate of drug-likeness (QED) is 0.133. The van der Waals surface area contributed by atoms with E-state index in [0.717, 1.165) is 28.3 Å². The summed E-state index contributed by atoms with van der Waals surface area (Å²) in [6.07, 6.45) is 0. The molecule has 0 saturated heterocycles.